The second-order valence-corrected chi connectivity index (χ2v) is 6.36. The van der Waals surface area contributed by atoms with Gasteiger partial charge < -0.3 is 4.74 Å². The van der Waals surface area contributed by atoms with Gasteiger partial charge in [0, 0.05) is 7.05 Å². The highest BCUT2D eigenvalue weighted by Gasteiger charge is 2.67. The zero-order valence-electron chi connectivity index (χ0n) is 9.25. The van der Waals surface area contributed by atoms with Crippen LogP contribution >= 0.6 is 15.9 Å². The molecule has 1 aliphatic heterocycles. The van der Waals surface area contributed by atoms with Gasteiger partial charge in [0.05, 0.1) is 22.5 Å². The van der Waals surface area contributed by atoms with Crippen molar-refractivity contribution in [3.63, 3.8) is 0 Å². The van der Waals surface area contributed by atoms with Crippen LogP contribution < -0.4 is 0 Å². The lowest BCUT2D eigenvalue weighted by Gasteiger charge is -2.21. The van der Waals surface area contributed by atoms with E-state index in [9.17, 15) is 0 Å². The van der Waals surface area contributed by atoms with Gasteiger partial charge in [-0.25, -0.2) is 0 Å². The van der Waals surface area contributed by atoms with E-state index in [4.69, 9.17) is 4.74 Å². The molecule has 2 aliphatic rings. The molecule has 0 radical (unpaired) electrons. The topological polar surface area (TPSA) is 30.4 Å². The van der Waals surface area contributed by atoms with Crippen molar-refractivity contribution >= 4 is 15.9 Å². The molecule has 1 aliphatic carbocycles. The molecule has 0 unspecified atom stereocenters. The van der Waals surface area contributed by atoms with Crippen molar-refractivity contribution in [1.29, 1.82) is 0 Å². The van der Waals surface area contributed by atoms with Crippen LogP contribution in [-0.4, -0.2) is 15.9 Å². The minimum Gasteiger partial charge on any atom is -0.359 e. The Morgan fingerprint density at radius 3 is 2.80 bits per heavy atom. The Kier molecular flexibility index (Phi) is 1.75. The van der Waals surface area contributed by atoms with Gasteiger partial charge in [-0.2, -0.15) is 5.10 Å². The van der Waals surface area contributed by atoms with E-state index >= 15 is 0 Å². The fourth-order valence-electron chi connectivity index (χ4n) is 3.05. The highest BCUT2D eigenvalue weighted by molar-refractivity contribution is 9.10. The van der Waals surface area contributed by atoms with Gasteiger partial charge in [-0.1, -0.05) is 13.8 Å². The number of aryl methyl sites for hydroxylation is 1. The zero-order chi connectivity index (χ0) is 10.8. The van der Waals surface area contributed by atoms with Gasteiger partial charge in [0.1, 0.15) is 5.60 Å². The monoisotopic (exact) mass is 270 g/mol. The number of epoxide rings is 1. The maximum atomic E-state index is 5.89. The third kappa shape index (κ3) is 1.24. The number of nitrogens with zero attached hydrogens (tertiary/aromatic N) is 2. The van der Waals surface area contributed by atoms with Gasteiger partial charge in [0.2, 0.25) is 0 Å². The van der Waals surface area contributed by atoms with Crippen molar-refractivity contribution in [3.05, 3.63) is 16.4 Å². The van der Waals surface area contributed by atoms with Crippen molar-refractivity contribution in [2.45, 2.75) is 38.4 Å². The number of halogens is 1. The SMILES string of the molecule is Cn1ncc(Br)c1[C@@]12CC(C)(C)C[C@H]1O2. The summed E-state index contributed by atoms with van der Waals surface area (Å²) in [5.41, 5.74) is 1.55. The van der Waals surface area contributed by atoms with E-state index in [1.54, 1.807) is 0 Å². The van der Waals surface area contributed by atoms with E-state index < -0.39 is 0 Å². The number of hydrogen-bond acceptors (Lipinski definition) is 2. The first-order valence-corrected chi connectivity index (χ1v) is 6.10. The zero-order valence-corrected chi connectivity index (χ0v) is 10.8. The molecular weight excluding hydrogens is 256 g/mol. The third-order valence-corrected chi connectivity index (χ3v) is 4.17. The summed E-state index contributed by atoms with van der Waals surface area (Å²) in [6.45, 7) is 4.63. The molecule has 15 heavy (non-hydrogen) atoms. The molecule has 2 heterocycles. The van der Waals surface area contributed by atoms with Crippen LogP contribution in [0.1, 0.15) is 32.4 Å². The lowest BCUT2D eigenvalue weighted by molar-refractivity contribution is 0.159. The minimum absolute atomic E-state index is 0.0480. The molecule has 1 saturated heterocycles. The third-order valence-electron chi connectivity index (χ3n) is 3.59. The van der Waals surface area contributed by atoms with E-state index in [0.717, 1.165) is 17.3 Å². The quantitative estimate of drug-likeness (QED) is 0.735. The average Bonchev–Trinajstić information content (AvgIpc) is 2.48. The van der Waals surface area contributed by atoms with Crippen LogP contribution in [0.5, 0.6) is 0 Å². The summed E-state index contributed by atoms with van der Waals surface area (Å²) in [5, 5.41) is 4.27. The Morgan fingerprint density at radius 1 is 1.60 bits per heavy atom. The van der Waals surface area contributed by atoms with Crippen LogP contribution in [0.3, 0.4) is 0 Å². The van der Waals surface area contributed by atoms with Gasteiger partial charge in [0.25, 0.3) is 0 Å². The van der Waals surface area contributed by atoms with E-state index in [1.807, 2.05) is 17.9 Å². The summed E-state index contributed by atoms with van der Waals surface area (Å²) in [6, 6.07) is 0. The lowest BCUT2D eigenvalue weighted by Crippen LogP contribution is -2.18. The number of ether oxygens (including phenoxy) is 1. The molecule has 0 spiro atoms. The molecule has 2 fully saturated rings. The maximum Gasteiger partial charge on any atom is 0.138 e. The molecule has 3 rings (SSSR count). The van der Waals surface area contributed by atoms with Gasteiger partial charge in [0.15, 0.2) is 0 Å². The second-order valence-electron chi connectivity index (χ2n) is 5.51. The summed E-state index contributed by atoms with van der Waals surface area (Å²) in [6.07, 6.45) is 4.51. The summed E-state index contributed by atoms with van der Waals surface area (Å²) in [7, 11) is 1.99. The molecule has 4 heteroatoms. The Labute approximate surface area is 97.9 Å². The van der Waals surface area contributed by atoms with Gasteiger partial charge in [-0.3, -0.25) is 4.68 Å². The predicted octanol–water partition coefficient (Wildman–Crippen LogP) is 2.60. The smallest absolute Gasteiger partial charge is 0.138 e. The average molecular weight is 271 g/mol. The fraction of sp³-hybridized carbons (Fsp3) is 0.727. The Bertz CT molecular complexity index is 407. The minimum atomic E-state index is -0.0480. The fourth-order valence-corrected chi connectivity index (χ4v) is 3.73. The van der Waals surface area contributed by atoms with E-state index in [2.05, 4.69) is 34.9 Å². The number of hydrogen-bond donors (Lipinski definition) is 0. The molecule has 0 amide bonds. The first-order valence-electron chi connectivity index (χ1n) is 5.30. The van der Waals surface area contributed by atoms with Crippen molar-refractivity contribution < 1.29 is 4.74 Å². The summed E-state index contributed by atoms with van der Waals surface area (Å²) in [4.78, 5) is 0. The van der Waals surface area contributed by atoms with E-state index in [1.165, 1.54) is 5.69 Å². The standard InChI is InChI=1S/C11H15BrN2O/c1-10(2)4-8-11(6-10,15-8)9-7(12)5-13-14(9)3/h5,8H,4,6H2,1-3H3/t8-,11-/m1/s1. The van der Waals surface area contributed by atoms with E-state index in [0.29, 0.717) is 11.5 Å². The maximum absolute atomic E-state index is 5.89. The molecule has 0 bridgehead atoms. The molecule has 82 valence electrons. The number of fused-ring (bicyclic) bond motifs is 1. The largest absolute Gasteiger partial charge is 0.359 e. The Balaban J connectivity index is 2.04. The molecule has 0 aromatic carbocycles. The highest BCUT2D eigenvalue weighted by Crippen LogP contribution is 2.64. The van der Waals surface area contributed by atoms with Crippen LogP contribution in [0.2, 0.25) is 0 Å². The number of aromatic nitrogens is 2. The number of rotatable bonds is 1. The summed E-state index contributed by atoms with van der Waals surface area (Å²) >= 11 is 3.56. The molecule has 2 atom stereocenters. The second kappa shape index (κ2) is 2.66. The van der Waals surface area contributed by atoms with Crippen LogP contribution in [-0.2, 0) is 17.4 Å². The molecule has 0 N–H and O–H groups in total. The first-order chi connectivity index (χ1) is 6.95. The van der Waals surface area contributed by atoms with Gasteiger partial charge in [-0.05, 0) is 34.2 Å². The van der Waals surface area contributed by atoms with Crippen LogP contribution in [0.4, 0.5) is 0 Å². The molecule has 1 aromatic rings. The predicted molar refractivity (Wildman–Crippen MR) is 60.5 cm³/mol. The van der Waals surface area contributed by atoms with Crippen molar-refractivity contribution in [3.8, 4) is 0 Å². The molecule has 1 saturated carbocycles. The first kappa shape index (κ1) is 9.85. The Hall–Kier alpha value is -0.350. The van der Waals surface area contributed by atoms with Crippen LogP contribution in [0.25, 0.3) is 0 Å². The highest BCUT2D eigenvalue weighted by atomic mass is 79.9. The lowest BCUT2D eigenvalue weighted by atomic mass is 9.88. The molecule has 1 aromatic heterocycles. The van der Waals surface area contributed by atoms with Crippen LogP contribution in [0.15, 0.2) is 10.7 Å². The van der Waals surface area contributed by atoms with Gasteiger partial charge >= 0.3 is 0 Å². The van der Waals surface area contributed by atoms with Gasteiger partial charge in [-0.15, -0.1) is 0 Å². The summed E-state index contributed by atoms with van der Waals surface area (Å²) in [5.74, 6) is 0. The summed E-state index contributed by atoms with van der Waals surface area (Å²) < 4.78 is 8.90. The normalized spacial score (nSPS) is 36.7. The van der Waals surface area contributed by atoms with E-state index in [-0.39, 0.29) is 5.60 Å². The van der Waals surface area contributed by atoms with Crippen LogP contribution in [0, 0.1) is 5.41 Å². The molecular formula is C11H15BrN2O. The van der Waals surface area contributed by atoms with Crippen molar-refractivity contribution in [2.75, 3.05) is 0 Å². The van der Waals surface area contributed by atoms with Crippen molar-refractivity contribution in [2.24, 2.45) is 12.5 Å². The molecule has 3 nitrogen and oxygen atoms in total. The van der Waals surface area contributed by atoms with Crippen molar-refractivity contribution in [1.82, 2.24) is 9.78 Å². The Morgan fingerprint density at radius 2 is 2.33 bits per heavy atom.